The van der Waals surface area contributed by atoms with E-state index in [1.165, 1.54) is 0 Å². The van der Waals surface area contributed by atoms with Crippen LogP contribution in [-0.2, 0) is 4.79 Å². The molecule has 2 N–H and O–H groups in total. The van der Waals surface area contributed by atoms with Crippen molar-refractivity contribution in [1.29, 1.82) is 0 Å². The molecule has 0 spiro atoms. The predicted molar refractivity (Wildman–Crippen MR) is 73.7 cm³/mol. The van der Waals surface area contributed by atoms with E-state index in [9.17, 15) is 4.79 Å². The molecule has 1 fully saturated rings. The van der Waals surface area contributed by atoms with Crippen LogP contribution in [0, 0.1) is 11.8 Å². The molecule has 19 heavy (non-hydrogen) atoms. The van der Waals surface area contributed by atoms with Gasteiger partial charge in [0.2, 0.25) is 5.91 Å². The Morgan fingerprint density at radius 1 is 1.32 bits per heavy atom. The molecule has 5 nitrogen and oxygen atoms in total. The van der Waals surface area contributed by atoms with Crippen LogP contribution in [0.3, 0.4) is 0 Å². The predicted octanol–water partition coefficient (Wildman–Crippen LogP) is 1.42. The molecule has 0 aliphatic carbocycles. The number of aromatic nitrogens is 2. The first-order valence-electron chi connectivity index (χ1n) is 6.46. The van der Waals surface area contributed by atoms with Gasteiger partial charge < -0.3 is 10.6 Å². The lowest BCUT2D eigenvalue weighted by atomic mass is 9.88. The Hall–Kier alpha value is -2.01. The van der Waals surface area contributed by atoms with E-state index in [2.05, 4.69) is 20.6 Å². The molecule has 1 amide bonds. The summed E-state index contributed by atoms with van der Waals surface area (Å²) in [7, 11) is 0. The molecule has 1 saturated heterocycles. The molecule has 3 rings (SSSR count). The Morgan fingerprint density at radius 2 is 2.05 bits per heavy atom. The van der Waals surface area contributed by atoms with Crippen molar-refractivity contribution in [3.8, 4) is 0 Å². The summed E-state index contributed by atoms with van der Waals surface area (Å²) in [6, 6.07) is 5.58. The lowest BCUT2D eigenvalue weighted by Crippen LogP contribution is -2.48. The minimum Gasteiger partial charge on any atom is -0.326 e. The van der Waals surface area contributed by atoms with E-state index in [0.717, 1.165) is 29.8 Å². The largest absolute Gasteiger partial charge is 0.326 e. The Kier molecular flexibility index (Phi) is 3.13. The van der Waals surface area contributed by atoms with Gasteiger partial charge in [0.1, 0.15) is 0 Å². The summed E-state index contributed by atoms with van der Waals surface area (Å²) in [5.41, 5.74) is 2.40. The standard InChI is InChI=1S/C14H16N4O/c1-9(10-7-15-8-10)14(19)18-11-2-3-12-13(6-11)17-5-4-16-12/h2-6,9-10,15H,7-8H2,1H3,(H,18,19). The first kappa shape index (κ1) is 12.0. The lowest BCUT2D eigenvalue weighted by molar-refractivity contribution is -0.121. The number of benzene rings is 1. The summed E-state index contributed by atoms with van der Waals surface area (Å²) in [5.74, 6) is 0.536. The van der Waals surface area contributed by atoms with Gasteiger partial charge in [0.05, 0.1) is 11.0 Å². The third-order valence-electron chi connectivity index (χ3n) is 3.67. The van der Waals surface area contributed by atoms with E-state index >= 15 is 0 Å². The molecule has 1 aliphatic heterocycles. The van der Waals surface area contributed by atoms with Crippen molar-refractivity contribution >= 4 is 22.6 Å². The molecule has 0 bridgehead atoms. The monoisotopic (exact) mass is 256 g/mol. The molecular formula is C14H16N4O. The molecule has 1 atom stereocenters. The number of hydrogen-bond donors (Lipinski definition) is 2. The van der Waals surface area contributed by atoms with Crippen LogP contribution in [0.15, 0.2) is 30.6 Å². The molecule has 98 valence electrons. The van der Waals surface area contributed by atoms with Crippen molar-refractivity contribution in [3.05, 3.63) is 30.6 Å². The normalized spacial score (nSPS) is 16.9. The van der Waals surface area contributed by atoms with E-state index in [1.807, 2.05) is 25.1 Å². The minimum absolute atomic E-state index is 0.0267. The van der Waals surface area contributed by atoms with Gasteiger partial charge >= 0.3 is 0 Å². The van der Waals surface area contributed by atoms with Gasteiger partial charge in [-0.2, -0.15) is 0 Å². The van der Waals surface area contributed by atoms with Crippen molar-refractivity contribution in [3.63, 3.8) is 0 Å². The third-order valence-corrected chi connectivity index (χ3v) is 3.67. The number of fused-ring (bicyclic) bond motifs is 1. The van der Waals surface area contributed by atoms with E-state index in [4.69, 9.17) is 0 Å². The molecule has 0 saturated carbocycles. The fourth-order valence-corrected chi connectivity index (χ4v) is 2.18. The number of carbonyl (C=O) groups excluding carboxylic acids is 1. The molecule has 2 aromatic rings. The average Bonchev–Trinajstić information content (AvgIpc) is 2.36. The van der Waals surface area contributed by atoms with Gasteiger partial charge in [0, 0.05) is 24.0 Å². The quantitative estimate of drug-likeness (QED) is 0.871. The molecule has 2 heterocycles. The maximum atomic E-state index is 12.1. The van der Waals surface area contributed by atoms with Crippen LogP contribution in [-0.4, -0.2) is 29.0 Å². The zero-order valence-electron chi connectivity index (χ0n) is 10.8. The van der Waals surface area contributed by atoms with Gasteiger partial charge in [-0.05, 0) is 37.2 Å². The Labute approximate surface area is 111 Å². The highest BCUT2D eigenvalue weighted by atomic mass is 16.1. The van der Waals surface area contributed by atoms with Crippen molar-refractivity contribution in [2.24, 2.45) is 11.8 Å². The van der Waals surface area contributed by atoms with Gasteiger partial charge in [-0.25, -0.2) is 0 Å². The summed E-state index contributed by atoms with van der Waals surface area (Å²) >= 11 is 0. The second-order valence-electron chi connectivity index (χ2n) is 4.96. The molecule has 1 aromatic carbocycles. The van der Waals surface area contributed by atoms with Crippen molar-refractivity contribution in [2.45, 2.75) is 6.92 Å². The van der Waals surface area contributed by atoms with Crippen LogP contribution in [0.2, 0.25) is 0 Å². The number of anilines is 1. The first-order valence-corrected chi connectivity index (χ1v) is 6.46. The van der Waals surface area contributed by atoms with Crippen molar-refractivity contribution in [2.75, 3.05) is 18.4 Å². The molecular weight excluding hydrogens is 240 g/mol. The fraction of sp³-hybridized carbons (Fsp3) is 0.357. The SMILES string of the molecule is CC(C(=O)Nc1ccc2nccnc2c1)C1CNC1. The van der Waals surface area contributed by atoms with Crippen LogP contribution >= 0.6 is 0 Å². The summed E-state index contributed by atoms with van der Waals surface area (Å²) in [4.78, 5) is 20.5. The smallest absolute Gasteiger partial charge is 0.227 e. The number of hydrogen-bond acceptors (Lipinski definition) is 4. The number of carbonyl (C=O) groups is 1. The fourth-order valence-electron chi connectivity index (χ4n) is 2.18. The zero-order valence-corrected chi connectivity index (χ0v) is 10.8. The van der Waals surface area contributed by atoms with Crippen molar-refractivity contribution in [1.82, 2.24) is 15.3 Å². The van der Waals surface area contributed by atoms with E-state index in [0.29, 0.717) is 5.92 Å². The van der Waals surface area contributed by atoms with E-state index in [-0.39, 0.29) is 11.8 Å². The second-order valence-corrected chi connectivity index (χ2v) is 4.96. The average molecular weight is 256 g/mol. The summed E-state index contributed by atoms with van der Waals surface area (Å²) in [6.07, 6.45) is 3.31. The Balaban J connectivity index is 1.75. The van der Waals surface area contributed by atoms with E-state index < -0.39 is 0 Å². The van der Waals surface area contributed by atoms with Crippen LogP contribution in [0.1, 0.15) is 6.92 Å². The zero-order chi connectivity index (χ0) is 13.2. The lowest BCUT2D eigenvalue weighted by Gasteiger charge is -2.31. The molecule has 1 aliphatic rings. The van der Waals surface area contributed by atoms with Gasteiger partial charge in [-0.1, -0.05) is 6.92 Å². The molecule has 0 radical (unpaired) electrons. The highest BCUT2D eigenvalue weighted by molar-refractivity contribution is 5.94. The van der Waals surface area contributed by atoms with Gasteiger partial charge in [0.25, 0.3) is 0 Å². The van der Waals surface area contributed by atoms with Crippen LogP contribution in [0.5, 0.6) is 0 Å². The first-order chi connectivity index (χ1) is 9.24. The molecule has 1 aromatic heterocycles. The Bertz CT molecular complexity index is 609. The topological polar surface area (TPSA) is 66.9 Å². The van der Waals surface area contributed by atoms with E-state index in [1.54, 1.807) is 12.4 Å². The van der Waals surface area contributed by atoms with Gasteiger partial charge in [0.15, 0.2) is 0 Å². The minimum atomic E-state index is 0.0267. The number of nitrogens with one attached hydrogen (secondary N) is 2. The van der Waals surface area contributed by atoms with Crippen LogP contribution < -0.4 is 10.6 Å². The van der Waals surface area contributed by atoms with Crippen LogP contribution in [0.4, 0.5) is 5.69 Å². The van der Waals surface area contributed by atoms with Gasteiger partial charge in [-0.3, -0.25) is 14.8 Å². The van der Waals surface area contributed by atoms with Crippen molar-refractivity contribution < 1.29 is 4.79 Å². The highest BCUT2D eigenvalue weighted by Crippen LogP contribution is 2.20. The van der Waals surface area contributed by atoms with Gasteiger partial charge in [-0.15, -0.1) is 0 Å². The highest BCUT2D eigenvalue weighted by Gasteiger charge is 2.28. The summed E-state index contributed by atoms with van der Waals surface area (Å²) in [6.45, 7) is 3.83. The van der Waals surface area contributed by atoms with Crippen LogP contribution in [0.25, 0.3) is 11.0 Å². The maximum Gasteiger partial charge on any atom is 0.227 e. The maximum absolute atomic E-state index is 12.1. The molecule has 5 heteroatoms. The number of rotatable bonds is 3. The second kappa shape index (κ2) is 4.93. The molecule has 1 unspecified atom stereocenters. The number of nitrogens with zero attached hydrogens (tertiary/aromatic N) is 2. The number of amides is 1. The Morgan fingerprint density at radius 3 is 2.74 bits per heavy atom. The summed E-state index contributed by atoms with van der Waals surface area (Å²) < 4.78 is 0. The summed E-state index contributed by atoms with van der Waals surface area (Å²) in [5, 5.41) is 6.14. The third kappa shape index (κ3) is 2.42.